The molecule has 0 aliphatic rings. The summed E-state index contributed by atoms with van der Waals surface area (Å²) in [7, 11) is 0. The average molecular weight is 336 g/mol. The summed E-state index contributed by atoms with van der Waals surface area (Å²) >= 11 is 0. The van der Waals surface area contributed by atoms with Crippen molar-refractivity contribution < 1.29 is 9.18 Å². The highest BCUT2D eigenvalue weighted by atomic mass is 19.1. The van der Waals surface area contributed by atoms with Crippen molar-refractivity contribution in [2.24, 2.45) is 0 Å². The molecule has 0 radical (unpaired) electrons. The van der Waals surface area contributed by atoms with Crippen LogP contribution in [0.1, 0.15) is 17.2 Å². The van der Waals surface area contributed by atoms with Gasteiger partial charge in [-0.1, -0.05) is 72.8 Å². The SMILES string of the molecule is O=C(NCCF)NC(Cc1ccccc1)c1cccc2ccccc12. The number of nitrogens with one attached hydrogen (secondary N) is 2. The molecule has 1 atom stereocenters. The fourth-order valence-electron chi connectivity index (χ4n) is 3.01. The van der Waals surface area contributed by atoms with Crippen LogP contribution in [0.3, 0.4) is 0 Å². The summed E-state index contributed by atoms with van der Waals surface area (Å²) in [4.78, 5) is 12.1. The Labute approximate surface area is 146 Å². The van der Waals surface area contributed by atoms with Gasteiger partial charge in [-0.25, -0.2) is 9.18 Å². The Morgan fingerprint density at radius 1 is 0.920 bits per heavy atom. The third-order valence-corrected chi connectivity index (χ3v) is 4.17. The normalized spacial score (nSPS) is 11.9. The van der Waals surface area contributed by atoms with Crippen molar-refractivity contribution in [3.63, 3.8) is 0 Å². The lowest BCUT2D eigenvalue weighted by Gasteiger charge is -2.21. The zero-order chi connectivity index (χ0) is 17.5. The first kappa shape index (κ1) is 17.0. The van der Waals surface area contributed by atoms with E-state index in [2.05, 4.69) is 28.8 Å². The lowest BCUT2D eigenvalue weighted by Crippen LogP contribution is -2.39. The molecule has 25 heavy (non-hydrogen) atoms. The van der Waals surface area contributed by atoms with E-state index in [1.807, 2.05) is 54.6 Å². The molecule has 0 saturated carbocycles. The predicted octanol–water partition coefficient (Wildman–Crippen LogP) is 4.39. The van der Waals surface area contributed by atoms with Crippen molar-refractivity contribution in [2.45, 2.75) is 12.5 Å². The number of benzene rings is 3. The number of hydrogen-bond acceptors (Lipinski definition) is 1. The van der Waals surface area contributed by atoms with Gasteiger partial charge in [0.05, 0.1) is 6.04 Å². The van der Waals surface area contributed by atoms with E-state index in [1.54, 1.807) is 0 Å². The molecule has 4 heteroatoms. The number of amides is 2. The third kappa shape index (κ3) is 4.35. The van der Waals surface area contributed by atoms with E-state index >= 15 is 0 Å². The summed E-state index contributed by atoms with van der Waals surface area (Å²) in [6.45, 7) is -0.565. The number of alkyl halides is 1. The van der Waals surface area contributed by atoms with Gasteiger partial charge in [0.15, 0.2) is 0 Å². The molecule has 0 bridgehead atoms. The van der Waals surface area contributed by atoms with Gasteiger partial charge >= 0.3 is 6.03 Å². The van der Waals surface area contributed by atoms with E-state index in [4.69, 9.17) is 0 Å². The van der Waals surface area contributed by atoms with Gasteiger partial charge < -0.3 is 10.6 Å². The maximum atomic E-state index is 12.3. The summed E-state index contributed by atoms with van der Waals surface area (Å²) in [5, 5.41) is 7.77. The van der Waals surface area contributed by atoms with E-state index in [0.29, 0.717) is 6.42 Å². The van der Waals surface area contributed by atoms with E-state index in [-0.39, 0.29) is 18.6 Å². The van der Waals surface area contributed by atoms with Crippen LogP contribution in [0, 0.1) is 0 Å². The fraction of sp³-hybridized carbons (Fsp3) is 0.190. The van der Waals surface area contributed by atoms with Crippen LogP contribution in [0.15, 0.2) is 72.8 Å². The van der Waals surface area contributed by atoms with Crippen LogP contribution in [0.4, 0.5) is 9.18 Å². The van der Waals surface area contributed by atoms with Gasteiger partial charge in [0.1, 0.15) is 6.67 Å². The third-order valence-electron chi connectivity index (χ3n) is 4.17. The fourth-order valence-corrected chi connectivity index (χ4v) is 3.01. The zero-order valence-corrected chi connectivity index (χ0v) is 13.9. The molecule has 0 aliphatic carbocycles. The molecule has 0 saturated heterocycles. The van der Waals surface area contributed by atoms with Gasteiger partial charge in [-0.15, -0.1) is 0 Å². The number of halogens is 1. The molecule has 2 N–H and O–H groups in total. The van der Waals surface area contributed by atoms with Gasteiger partial charge in [0, 0.05) is 6.54 Å². The predicted molar refractivity (Wildman–Crippen MR) is 99.3 cm³/mol. The van der Waals surface area contributed by atoms with Crippen molar-refractivity contribution >= 4 is 16.8 Å². The molecule has 128 valence electrons. The van der Waals surface area contributed by atoms with Gasteiger partial charge in [-0.3, -0.25) is 0 Å². The quantitative estimate of drug-likeness (QED) is 0.688. The summed E-state index contributed by atoms with van der Waals surface area (Å²) in [5.41, 5.74) is 2.18. The summed E-state index contributed by atoms with van der Waals surface area (Å²) in [6.07, 6.45) is 0.665. The number of urea groups is 1. The van der Waals surface area contributed by atoms with Crippen molar-refractivity contribution in [1.29, 1.82) is 0 Å². The van der Waals surface area contributed by atoms with E-state index in [1.165, 1.54) is 0 Å². The molecule has 0 aliphatic heterocycles. The summed E-state index contributed by atoms with van der Waals surface area (Å²) < 4.78 is 12.3. The number of hydrogen-bond donors (Lipinski definition) is 2. The van der Waals surface area contributed by atoms with Crippen LogP contribution in [-0.4, -0.2) is 19.3 Å². The topological polar surface area (TPSA) is 41.1 Å². The molecule has 1 unspecified atom stereocenters. The summed E-state index contributed by atoms with van der Waals surface area (Å²) in [5.74, 6) is 0. The molecule has 3 aromatic carbocycles. The van der Waals surface area contributed by atoms with Crippen LogP contribution in [0.2, 0.25) is 0 Å². The maximum Gasteiger partial charge on any atom is 0.315 e. The summed E-state index contributed by atoms with van der Waals surface area (Å²) in [6, 6.07) is 23.7. The van der Waals surface area contributed by atoms with E-state index < -0.39 is 6.67 Å². The van der Waals surface area contributed by atoms with Gasteiger partial charge in [-0.05, 0) is 28.3 Å². The highest BCUT2D eigenvalue weighted by Gasteiger charge is 2.17. The highest BCUT2D eigenvalue weighted by molar-refractivity contribution is 5.86. The zero-order valence-electron chi connectivity index (χ0n) is 13.9. The van der Waals surface area contributed by atoms with Gasteiger partial charge in [-0.2, -0.15) is 0 Å². The number of fused-ring (bicyclic) bond motifs is 1. The molecule has 0 aromatic heterocycles. The first-order valence-corrected chi connectivity index (χ1v) is 8.40. The average Bonchev–Trinajstić information content (AvgIpc) is 2.66. The van der Waals surface area contributed by atoms with E-state index in [0.717, 1.165) is 21.9 Å². The van der Waals surface area contributed by atoms with Crippen molar-refractivity contribution in [2.75, 3.05) is 13.2 Å². The van der Waals surface area contributed by atoms with Crippen LogP contribution in [-0.2, 0) is 6.42 Å². The highest BCUT2D eigenvalue weighted by Crippen LogP contribution is 2.26. The number of carbonyl (C=O) groups is 1. The van der Waals surface area contributed by atoms with Crippen LogP contribution in [0.5, 0.6) is 0 Å². The monoisotopic (exact) mass is 336 g/mol. The first-order chi connectivity index (χ1) is 12.3. The minimum Gasteiger partial charge on any atom is -0.336 e. The van der Waals surface area contributed by atoms with Gasteiger partial charge in [0.25, 0.3) is 0 Å². The van der Waals surface area contributed by atoms with Gasteiger partial charge in [0.2, 0.25) is 0 Å². The Balaban J connectivity index is 1.93. The molecule has 0 fully saturated rings. The Morgan fingerprint density at radius 3 is 2.44 bits per heavy atom. The Morgan fingerprint density at radius 2 is 1.64 bits per heavy atom. The molecule has 2 amide bonds. The lowest BCUT2D eigenvalue weighted by molar-refractivity contribution is 0.236. The smallest absolute Gasteiger partial charge is 0.315 e. The maximum absolute atomic E-state index is 12.3. The first-order valence-electron chi connectivity index (χ1n) is 8.40. The second-order valence-electron chi connectivity index (χ2n) is 5.90. The molecular weight excluding hydrogens is 315 g/mol. The Bertz CT molecular complexity index is 830. The lowest BCUT2D eigenvalue weighted by atomic mass is 9.94. The molecule has 3 rings (SSSR count). The minimum absolute atomic E-state index is 0.0133. The molecule has 0 spiro atoms. The molecule has 3 aromatic rings. The van der Waals surface area contributed by atoms with Crippen LogP contribution < -0.4 is 10.6 Å². The minimum atomic E-state index is -0.578. The second-order valence-corrected chi connectivity index (χ2v) is 5.90. The number of rotatable bonds is 6. The number of carbonyl (C=O) groups excluding carboxylic acids is 1. The largest absolute Gasteiger partial charge is 0.336 e. The van der Waals surface area contributed by atoms with E-state index in [9.17, 15) is 9.18 Å². The molecule has 3 nitrogen and oxygen atoms in total. The van der Waals surface area contributed by atoms with Crippen molar-refractivity contribution in [1.82, 2.24) is 10.6 Å². The Hall–Kier alpha value is -2.88. The van der Waals surface area contributed by atoms with Crippen molar-refractivity contribution in [3.8, 4) is 0 Å². The second kappa shape index (κ2) is 8.29. The molecular formula is C21H21FN2O. The van der Waals surface area contributed by atoms with Crippen LogP contribution >= 0.6 is 0 Å². The van der Waals surface area contributed by atoms with Crippen LogP contribution in [0.25, 0.3) is 10.8 Å². The van der Waals surface area contributed by atoms with Crippen molar-refractivity contribution in [3.05, 3.63) is 83.9 Å². The molecule has 0 heterocycles. The Kier molecular flexibility index (Phi) is 5.62. The standard InChI is InChI=1S/C21H21FN2O/c22-13-14-23-21(25)24-20(15-16-7-2-1-3-8-16)19-12-6-10-17-9-4-5-11-18(17)19/h1-12,20H,13-15H2,(H2,23,24,25).